The highest BCUT2D eigenvalue weighted by Gasteiger charge is 2.18. The molecule has 0 saturated carbocycles. The zero-order valence-electron chi connectivity index (χ0n) is 12.3. The molecule has 0 aliphatic carbocycles. The molecule has 0 bridgehead atoms. The fraction of sp³-hybridized carbons (Fsp3) is 0.176. The molecule has 0 radical (unpaired) electrons. The van der Waals surface area contributed by atoms with Gasteiger partial charge in [0, 0.05) is 11.9 Å². The molecule has 1 atom stereocenters. The van der Waals surface area contributed by atoms with Crippen molar-refractivity contribution in [2.24, 2.45) is 0 Å². The van der Waals surface area contributed by atoms with Crippen molar-refractivity contribution in [1.82, 2.24) is 10.3 Å². The Morgan fingerprint density at radius 3 is 2.78 bits per heavy atom. The van der Waals surface area contributed by atoms with E-state index in [1.54, 1.807) is 6.26 Å². The molecule has 0 amide bonds. The van der Waals surface area contributed by atoms with Crippen LogP contribution in [0.5, 0.6) is 0 Å². The highest BCUT2D eigenvalue weighted by Crippen LogP contribution is 2.23. The first-order chi connectivity index (χ1) is 11.2. The van der Waals surface area contributed by atoms with Crippen molar-refractivity contribution in [2.75, 3.05) is 0 Å². The summed E-state index contributed by atoms with van der Waals surface area (Å²) in [6.45, 7) is 0.404. The molecule has 0 aliphatic rings. The molecule has 2 N–H and O–H groups in total. The number of carboxylic acid groups (broad SMARTS) is 1. The average Bonchev–Trinajstić information content (AvgIpc) is 3.23. The van der Waals surface area contributed by atoms with Crippen LogP contribution in [0.2, 0.25) is 0 Å². The Morgan fingerprint density at radius 2 is 2.09 bits per heavy atom. The van der Waals surface area contributed by atoms with Crippen LogP contribution in [0.15, 0.2) is 58.5 Å². The SMILES string of the molecule is O=C(O)[C@H](Cc1ccccc1)NCc1csc(-c2ccco2)n1. The van der Waals surface area contributed by atoms with E-state index in [2.05, 4.69) is 10.3 Å². The Balaban J connectivity index is 1.62. The van der Waals surface area contributed by atoms with Crippen LogP contribution in [0.3, 0.4) is 0 Å². The van der Waals surface area contributed by atoms with Crippen molar-refractivity contribution in [3.05, 3.63) is 65.4 Å². The summed E-state index contributed by atoms with van der Waals surface area (Å²) >= 11 is 1.48. The fourth-order valence-electron chi connectivity index (χ4n) is 2.23. The summed E-state index contributed by atoms with van der Waals surface area (Å²) in [5.74, 6) is -0.143. The predicted molar refractivity (Wildman–Crippen MR) is 88.2 cm³/mol. The minimum absolute atomic E-state index is 0.404. The molecule has 6 heteroatoms. The predicted octanol–water partition coefficient (Wildman–Crippen LogP) is 3.19. The molecule has 0 spiro atoms. The van der Waals surface area contributed by atoms with Gasteiger partial charge in [-0.15, -0.1) is 11.3 Å². The van der Waals surface area contributed by atoms with Crippen LogP contribution in [0.25, 0.3) is 10.8 Å². The molecule has 0 saturated heterocycles. The topological polar surface area (TPSA) is 75.4 Å². The monoisotopic (exact) mass is 328 g/mol. The third-order valence-corrected chi connectivity index (χ3v) is 4.30. The van der Waals surface area contributed by atoms with E-state index in [1.165, 1.54) is 11.3 Å². The molecule has 2 heterocycles. The summed E-state index contributed by atoms with van der Waals surface area (Å²) in [6, 6.07) is 12.6. The summed E-state index contributed by atoms with van der Waals surface area (Å²) in [5.41, 5.74) is 1.79. The van der Waals surface area contributed by atoms with E-state index in [1.807, 2.05) is 47.8 Å². The van der Waals surface area contributed by atoms with Gasteiger partial charge in [0.05, 0.1) is 12.0 Å². The smallest absolute Gasteiger partial charge is 0.321 e. The fourth-order valence-corrected chi connectivity index (χ4v) is 3.01. The Kier molecular flexibility index (Phi) is 4.85. The van der Waals surface area contributed by atoms with Crippen molar-refractivity contribution >= 4 is 17.3 Å². The van der Waals surface area contributed by atoms with Crippen LogP contribution in [-0.2, 0) is 17.8 Å². The minimum Gasteiger partial charge on any atom is -0.480 e. The molecule has 0 unspecified atom stereocenters. The number of nitrogens with one attached hydrogen (secondary N) is 1. The van der Waals surface area contributed by atoms with Gasteiger partial charge >= 0.3 is 5.97 Å². The Morgan fingerprint density at radius 1 is 1.26 bits per heavy atom. The minimum atomic E-state index is -0.865. The number of carboxylic acids is 1. The first-order valence-corrected chi connectivity index (χ1v) is 8.09. The quantitative estimate of drug-likeness (QED) is 0.696. The molecule has 1 aromatic carbocycles. The molecule has 0 fully saturated rings. The lowest BCUT2D eigenvalue weighted by atomic mass is 10.1. The Hall–Kier alpha value is -2.44. The van der Waals surface area contributed by atoms with Gasteiger partial charge in [0.15, 0.2) is 10.8 Å². The van der Waals surface area contributed by atoms with Gasteiger partial charge in [-0.25, -0.2) is 4.98 Å². The number of thiazole rings is 1. The first kappa shape index (κ1) is 15.5. The number of rotatable bonds is 7. The highest BCUT2D eigenvalue weighted by molar-refractivity contribution is 7.13. The van der Waals surface area contributed by atoms with Crippen LogP contribution < -0.4 is 5.32 Å². The number of hydrogen-bond acceptors (Lipinski definition) is 5. The normalized spacial score (nSPS) is 12.2. The van der Waals surface area contributed by atoms with Gasteiger partial charge in [0.2, 0.25) is 0 Å². The van der Waals surface area contributed by atoms with Gasteiger partial charge in [-0.05, 0) is 24.1 Å². The Labute approximate surface area is 137 Å². The number of hydrogen-bond donors (Lipinski definition) is 2. The van der Waals surface area contributed by atoms with Gasteiger partial charge in [0.1, 0.15) is 6.04 Å². The Bertz CT molecular complexity index is 753. The summed E-state index contributed by atoms with van der Waals surface area (Å²) in [6.07, 6.45) is 2.04. The van der Waals surface area contributed by atoms with E-state index in [4.69, 9.17) is 4.42 Å². The second-order valence-corrected chi connectivity index (χ2v) is 5.94. The van der Waals surface area contributed by atoms with E-state index in [-0.39, 0.29) is 0 Å². The third-order valence-electron chi connectivity index (χ3n) is 3.39. The van der Waals surface area contributed by atoms with Crippen molar-refractivity contribution < 1.29 is 14.3 Å². The van der Waals surface area contributed by atoms with E-state index in [0.29, 0.717) is 13.0 Å². The number of aliphatic carboxylic acids is 1. The summed E-state index contributed by atoms with van der Waals surface area (Å²) in [5, 5.41) is 15.1. The maximum atomic E-state index is 11.4. The van der Waals surface area contributed by atoms with Gasteiger partial charge in [0.25, 0.3) is 0 Å². The highest BCUT2D eigenvalue weighted by atomic mass is 32.1. The molecule has 23 heavy (non-hydrogen) atoms. The molecule has 118 valence electrons. The molecule has 5 nitrogen and oxygen atoms in total. The molecular weight excluding hydrogens is 312 g/mol. The molecule has 3 rings (SSSR count). The number of benzene rings is 1. The van der Waals surface area contributed by atoms with Crippen LogP contribution in [0.1, 0.15) is 11.3 Å². The number of carbonyl (C=O) groups is 1. The second-order valence-electron chi connectivity index (χ2n) is 5.08. The van der Waals surface area contributed by atoms with Crippen molar-refractivity contribution in [3.8, 4) is 10.8 Å². The van der Waals surface area contributed by atoms with E-state index >= 15 is 0 Å². The van der Waals surface area contributed by atoms with E-state index in [9.17, 15) is 9.90 Å². The van der Waals surface area contributed by atoms with Gasteiger partial charge in [-0.2, -0.15) is 0 Å². The molecular formula is C17H16N2O3S. The van der Waals surface area contributed by atoms with Crippen LogP contribution >= 0.6 is 11.3 Å². The largest absolute Gasteiger partial charge is 0.480 e. The van der Waals surface area contributed by atoms with Crippen molar-refractivity contribution in [3.63, 3.8) is 0 Å². The standard InChI is InChI=1S/C17H16N2O3S/c20-17(21)14(9-12-5-2-1-3-6-12)18-10-13-11-23-16(19-13)15-7-4-8-22-15/h1-8,11,14,18H,9-10H2,(H,20,21)/t14-/m0/s1. The number of aromatic nitrogens is 1. The molecule has 2 aromatic heterocycles. The molecule has 0 aliphatic heterocycles. The van der Waals surface area contributed by atoms with Crippen LogP contribution in [-0.4, -0.2) is 22.1 Å². The third kappa shape index (κ3) is 4.06. The van der Waals surface area contributed by atoms with Crippen LogP contribution in [0, 0.1) is 0 Å². The summed E-state index contributed by atoms with van der Waals surface area (Å²) in [7, 11) is 0. The van der Waals surface area contributed by atoms with Crippen LogP contribution in [0.4, 0.5) is 0 Å². The first-order valence-electron chi connectivity index (χ1n) is 7.21. The van der Waals surface area contributed by atoms with Gasteiger partial charge in [-0.1, -0.05) is 30.3 Å². The maximum absolute atomic E-state index is 11.4. The van der Waals surface area contributed by atoms with Gasteiger partial charge < -0.3 is 9.52 Å². The summed E-state index contributed by atoms with van der Waals surface area (Å²) < 4.78 is 5.31. The molecule has 3 aromatic rings. The second kappa shape index (κ2) is 7.21. The lowest BCUT2D eigenvalue weighted by Crippen LogP contribution is -2.38. The van der Waals surface area contributed by atoms with Gasteiger partial charge in [-0.3, -0.25) is 10.1 Å². The van der Waals surface area contributed by atoms with Crippen molar-refractivity contribution in [1.29, 1.82) is 0 Å². The number of furan rings is 1. The lowest BCUT2D eigenvalue weighted by molar-refractivity contribution is -0.139. The zero-order chi connectivity index (χ0) is 16.1. The lowest BCUT2D eigenvalue weighted by Gasteiger charge is -2.13. The van der Waals surface area contributed by atoms with E-state index in [0.717, 1.165) is 22.0 Å². The van der Waals surface area contributed by atoms with E-state index < -0.39 is 12.0 Å². The average molecular weight is 328 g/mol. The van der Waals surface area contributed by atoms with Crippen molar-refractivity contribution in [2.45, 2.75) is 19.0 Å². The number of nitrogens with zero attached hydrogens (tertiary/aromatic N) is 1. The summed E-state index contributed by atoms with van der Waals surface area (Å²) in [4.78, 5) is 15.9. The maximum Gasteiger partial charge on any atom is 0.321 e. The zero-order valence-corrected chi connectivity index (χ0v) is 13.1.